The lowest BCUT2D eigenvalue weighted by Crippen LogP contribution is -2.49. The molecular weight excluding hydrogens is 276 g/mol. The van der Waals surface area contributed by atoms with Gasteiger partial charge in [0.2, 0.25) is 11.8 Å². The molecule has 0 radical (unpaired) electrons. The lowest BCUT2D eigenvalue weighted by atomic mass is 9.92. The molecule has 4 nitrogen and oxygen atoms in total. The van der Waals surface area contributed by atoms with Crippen LogP contribution >= 0.6 is 11.6 Å². The number of amides is 2. The number of nitrogens with zero attached hydrogens (tertiary/aromatic N) is 1. The molecule has 1 aliphatic heterocycles. The number of hydrogen-bond acceptors (Lipinski definition) is 2. The van der Waals surface area contributed by atoms with E-state index >= 15 is 0 Å². The van der Waals surface area contributed by atoms with Gasteiger partial charge in [-0.05, 0) is 25.3 Å². The Morgan fingerprint density at radius 3 is 2.55 bits per heavy atom. The Balaban J connectivity index is 2.12. The van der Waals surface area contributed by atoms with Gasteiger partial charge >= 0.3 is 0 Å². The molecule has 2 amide bonds. The van der Waals surface area contributed by atoms with E-state index in [0.29, 0.717) is 6.54 Å². The number of alkyl halides is 1. The average molecular weight is 295 g/mol. The molecule has 108 valence electrons. The molecule has 0 saturated carbocycles. The second-order valence-electron chi connectivity index (χ2n) is 5.29. The van der Waals surface area contributed by atoms with Gasteiger partial charge < -0.3 is 10.6 Å². The second kappa shape index (κ2) is 6.27. The first-order valence-corrected chi connectivity index (χ1v) is 7.23. The first-order valence-electron chi connectivity index (χ1n) is 6.79. The van der Waals surface area contributed by atoms with Gasteiger partial charge in [-0.1, -0.05) is 30.3 Å². The number of likely N-dealkylation sites (tertiary alicyclic amines) is 1. The molecule has 20 heavy (non-hydrogen) atoms. The third-order valence-electron chi connectivity index (χ3n) is 3.88. The van der Waals surface area contributed by atoms with Crippen LogP contribution in [-0.4, -0.2) is 29.3 Å². The number of rotatable bonds is 3. The molecule has 0 bridgehead atoms. The van der Waals surface area contributed by atoms with E-state index in [1.54, 1.807) is 4.90 Å². The molecule has 1 saturated heterocycles. The number of carbonyl (C=O) groups is 2. The third kappa shape index (κ3) is 3.12. The summed E-state index contributed by atoms with van der Waals surface area (Å²) in [5.74, 6) is -0.772. The zero-order chi connectivity index (χ0) is 14.7. The van der Waals surface area contributed by atoms with Crippen molar-refractivity contribution in [2.24, 2.45) is 11.7 Å². The molecule has 3 atom stereocenters. The van der Waals surface area contributed by atoms with Crippen LogP contribution in [0, 0.1) is 5.92 Å². The molecule has 1 heterocycles. The van der Waals surface area contributed by atoms with Gasteiger partial charge in [0.05, 0.1) is 5.92 Å². The monoisotopic (exact) mass is 294 g/mol. The second-order valence-corrected chi connectivity index (χ2v) is 5.73. The maximum absolute atomic E-state index is 12.5. The lowest BCUT2D eigenvalue weighted by Gasteiger charge is -2.38. The summed E-state index contributed by atoms with van der Waals surface area (Å²) in [6.07, 6.45) is 1.51. The molecule has 0 aliphatic carbocycles. The molecule has 1 aromatic carbocycles. The summed E-state index contributed by atoms with van der Waals surface area (Å²) >= 11 is 6.28. The quantitative estimate of drug-likeness (QED) is 0.868. The Bertz CT molecular complexity index is 492. The fourth-order valence-electron chi connectivity index (χ4n) is 2.56. The molecule has 2 N–H and O–H groups in total. The number of halogens is 1. The molecule has 1 aromatic rings. The van der Waals surface area contributed by atoms with Crippen molar-refractivity contribution in [3.8, 4) is 0 Å². The molecule has 1 aliphatic rings. The fourth-order valence-corrected chi connectivity index (χ4v) is 2.83. The number of hydrogen-bond donors (Lipinski definition) is 1. The van der Waals surface area contributed by atoms with Crippen molar-refractivity contribution >= 4 is 23.4 Å². The van der Waals surface area contributed by atoms with Crippen LogP contribution in [0.2, 0.25) is 0 Å². The van der Waals surface area contributed by atoms with Crippen LogP contribution in [0.4, 0.5) is 0 Å². The van der Waals surface area contributed by atoms with Gasteiger partial charge in [0.25, 0.3) is 0 Å². The summed E-state index contributed by atoms with van der Waals surface area (Å²) in [6.45, 7) is 2.34. The standard InChI is InChI=1S/C15H19ClN2O2/c1-10-7-8-12(14(17)19)9-18(10)15(20)13(16)11-5-3-2-4-6-11/h2-6,10,12-13H,7-9H2,1H3,(H2,17,19). The smallest absolute Gasteiger partial charge is 0.245 e. The minimum atomic E-state index is -0.717. The van der Waals surface area contributed by atoms with Gasteiger partial charge in [0.15, 0.2) is 0 Å². The summed E-state index contributed by atoms with van der Waals surface area (Å²) < 4.78 is 0. The van der Waals surface area contributed by atoms with Crippen molar-refractivity contribution < 1.29 is 9.59 Å². The van der Waals surface area contributed by atoms with Crippen LogP contribution in [0.5, 0.6) is 0 Å². The Morgan fingerprint density at radius 1 is 1.30 bits per heavy atom. The summed E-state index contributed by atoms with van der Waals surface area (Å²) in [5.41, 5.74) is 6.12. The van der Waals surface area contributed by atoms with Crippen LogP contribution in [0.1, 0.15) is 30.7 Å². The van der Waals surface area contributed by atoms with Crippen LogP contribution in [0.15, 0.2) is 30.3 Å². The molecule has 3 unspecified atom stereocenters. The summed E-state index contributed by atoms with van der Waals surface area (Å²) in [4.78, 5) is 25.5. The Hall–Kier alpha value is -1.55. The number of carbonyl (C=O) groups excluding carboxylic acids is 2. The summed E-state index contributed by atoms with van der Waals surface area (Å²) in [6, 6.07) is 9.33. The van der Waals surface area contributed by atoms with Crippen LogP contribution < -0.4 is 5.73 Å². The van der Waals surface area contributed by atoms with Crippen molar-refractivity contribution in [1.29, 1.82) is 0 Å². The minimum Gasteiger partial charge on any atom is -0.369 e. The first kappa shape index (κ1) is 14.9. The van der Waals surface area contributed by atoms with Crippen molar-refractivity contribution in [3.05, 3.63) is 35.9 Å². The highest BCUT2D eigenvalue weighted by Gasteiger charge is 2.34. The zero-order valence-electron chi connectivity index (χ0n) is 11.5. The predicted molar refractivity (Wildman–Crippen MR) is 78.1 cm³/mol. The predicted octanol–water partition coefficient (Wildman–Crippen LogP) is 2.08. The van der Waals surface area contributed by atoms with E-state index in [2.05, 4.69) is 0 Å². The number of piperidine rings is 1. The Morgan fingerprint density at radius 2 is 1.95 bits per heavy atom. The lowest BCUT2D eigenvalue weighted by molar-refractivity contribution is -0.137. The highest BCUT2D eigenvalue weighted by molar-refractivity contribution is 6.30. The van der Waals surface area contributed by atoms with Crippen LogP contribution in [-0.2, 0) is 9.59 Å². The van der Waals surface area contributed by atoms with Gasteiger partial charge in [-0.25, -0.2) is 0 Å². The maximum Gasteiger partial charge on any atom is 0.245 e. The summed E-state index contributed by atoms with van der Waals surface area (Å²) in [7, 11) is 0. The molecular formula is C15H19ClN2O2. The number of nitrogens with two attached hydrogens (primary N) is 1. The van der Waals surface area contributed by atoms with E-state index in [1.807, 2.05) is 37.3 Å². The number of benzene rings is 1. The van der Waals surface area contributed by atoms with Crippen molar-refractivity contribution in [3.63, 3.8) is 0 Å². The molecule has 5 heteroatoms. The highest BCUT2D eigenvalue weighted by atomic mass is 35.5. The third-order valence-corrected chi connectivity index (χ3v) is 4.32. The van der Waals surface area contributed by atoms with Gasteiger partial charge in [-0.15, -0.1) is 11.6 Å². The van der Waals surface area contributed by atoms with Crippen molar-refractivity contribution in [2.75, 3.05) is 6.54 Å². The molecule has 1 fully saturated rings. The molecule has 0 aromatic heterocycles. The van der Waals surface area contributed by atoms with Gasteiger partial charge in [0, 0.05) is 12.6 Å². The maximum atomic E-state index is 12.5. The van der Waals surface area contributed by atoms with E-state index in [0.717, 1.165) is 18.4 Å². The largest absolute Gasteiger partial charge is 0.369 e. The fraction of sp³-hybridized carbons (Fsp3) is 0.467. The summed E-state index contributed by atoms with van der Waals surface area (Å²) in [5, 5.41) is -0.717. The Labute approximate surface area is 123 Å². The minimum absolute atomic E-state index is 0.0862. The molecule has 2 rings (SSSR count). The van der Waals surface area contributed by atoms with Crippen molar-refractivity contribution in [2.45, 2.75) is 31.2 Å². The molecule has 0 spiro atoms. The SMILES string of the molecule is CC1CCC(C(N)=O)CN1C(=O)C(Cl)c1ccccc1. The van der Waals surface area contributed by atoms with Crippen molar-refractivity contribution in [1.82, 2.24) is 4.90 Å². The van der Waals surface area contributed by atoms with E-state index in [-0.39, 0.29) is 23.8 Å². The normalized spacial score (nSPS) is 24.2. The van der Waals surface area contributed by atoms with Gasteiger partial charge in [-0.3, -0.25) is 9.59 Å². The van der Waals surface area contributed by atoms with Crippen LogP contribution in [0.25, 0.3) is 0 Å². The van der Waals surface area contributed by atoms with E-state index in [9.17, 15) is 9.59 Å². The van der Waals surface area contributed by atoms with Crippen LogP contribution in [0.3, 0.4) is 0 Å². The zero-order valence-corrected chi connectivity index (χ0v) is 12.2. The topological polar surface area (TPSA) is 63.4 Å². The van der Waals surface area contributed by atoms with E-state index in [1.165, 1.54) is 0 Å². The van der Waals surface area contributed by atoms with Gasteiger partial charge in [0.1, 0.15) is 5.38 Å². The Kier molecular flexibility index (Phi) is 4.65. The van der Waals surface area contributed by atoms with Gasteiger partial charge in [-0.2, -0.15) is 0 Å². The highest BCUT2D eigenvalue weighted by Crippen LogP contribution is 2.28. The number of primary amides is 1. The average Bonchev–Trinajstić information content (AvgIpc) is 2.47. The van der Waals surface area contributed by atoms with E-state index < -0.39 is 5.38 Å². The van der Waals surface area contributed by atoms with E-state index in [4.69, 9.17) is 17.3 Å². The first-order chi connectivity index (χ1) is 9.50.